The Balaban J connectivity index is 1.54. The van der Waals surface area contributed by atoms with E-state index in [0.29, 0.717) is 43.4 Å². The van der Waals surface area contributed by atoms with Crippen LogP contribution in [0.2, 0.25) is 0 Å². The van der Waals surface area contributed by atoms with Gasteiger partial charge in [0.25, 0.3) is 5.91 Å². The Kier molecular flexibility index (Phi) is 4.63. The zero-order chi connectivity index (χ0) is 18.1. The maximum atomic E-state index is 13.0. The van der Waals surface area contributed by atoms with Crippen LogP contribution in [0.5, 0.6) is 0 Å². The minimum Gasteiger partial charge on any atom is -0.466 e. The largest absolute Gasteiger partial charge is 0.466 e. The number of hydrogen-bond donors (Lipinski definition) is 0. The Bertz CT molecular complexity index is 826. The van der Waals surface area contributed by atoms with Gasteiger partial charge in [0, 0.05) is 18.0 Å². The number of esters is 1. The van der Waals surface area contributed by atoms with Crippen LogP contribution >= 0.6 is 0 Å². The van der Waals surface area contributed by atoms with E-state index in [4.69, 9.17) is 13.9 Å². The fourth-order valence-electron chi connectivity index (χ4n) is 3.25. The van der Waals surface area contributed by atoms with Crippen LogP contribution in [0.25, 0.3) is 11.1 Å². The monoisotopic (exact) mass is 358 g/mol. The summed E-state index contributed by atoms with van der Waals surface area (Å²) < 4.78 is 16.3. The lowest BCUT2D eigenvalue weighted by Crippen LogP contribution is -2.49. The lowest BCUT2D eigenvalue weighted by molar-refractivity contribution is -0.145. The third-order valence-corrected chi connectivity index (χ3v) is 4.77. The SMILES string of the molecule is CCOC(=O)C[C@H]1COCCN1C(=O)c1ccc2nc(C3CC3)oc2c1. The van der Waals surface area contributed by atoms with Gasteiger partial charge in [0.1, 0.15) is 5.52 Å². The van der Waals surface area contributed by atoms with Gasteiger partial charge in [0.15, 0.2) is 11.5 Å². The van der Waals surface area contributed by atoms with E-state index in [2.05, 4.69) is 4.98 Å². The molecule has 1 atom stereocenters. The number of rotatable bonds is 5. The molecule has 138 valence electrons. The van der Waals surface area contributed by atoms with Crippen molar-refractivity contribution in [3.63, 3.8) is 0 Å². The lowest BCUT2D eigenvalue weighted by Gasteiger charge is -2.35. The summed E-state index contributed by atoms with van der Waals surface area (Å²) in [4.78, 5) is 31.0. The van der Waals surface area contributed by atoms with Gasteiger partial charge in [-0.05, 0) is 38.0 Å². The van der Waals surface area contributed by atoms with Gasteiger partial charge in [0.2, 0.25) is 0 Å². The molecule has 0 spiro atoms. The minimum atomic E-state index is -0.319. The van der Waals surface area contributed by atoms with E-state index in [1.54, 1.807) is 24.0 Å². The second kappa shape index (κ2) is 7.07. The number of amides is 1. The first kappa shape index (κ1) is 17.0. The zero-order valence-corrected chi connectivity index (χ0v) is 14.8. The Morgan fingerprint density at radius 2 is 2.19 bits per heavy atom. The van der Waals surface area contributed by atoms with Gasteiger partial charge in [0.05, 0.1) is 32.3 Å². The summed E-state index contributed by atoms with van der Waals surface area (Å²) in [6, 6.07) is 5.01. The Hall–Kier alpha value is -2.41. The highest BCUT2D eigenvalue weighted by Gasteiger charge is 2.31. The molecule has 0 N–H and O–H groups in total. The second-order valence-corrected chi connectivity index (χ2v) is 6.75. The first-order chi connectivity index (χ1) is 12.7. The van der Waals surface area contributed by atoms with Crippen molar-refractivity contribution in [2.75, 3.05) is 26.4 Å². The standard InChI is InChI=1S/C19H22N2O5/c1-2-25-17(22)10-14-11-24-8-7-21(14)19(23)13-5-6-15-16(9-13)26-18(20-15)12-3-4-12/h5-6,9,12,14H,2-4,7-8,10-11H2,1H3/t14-/m0/s1. The number of carbonyl (C=O) groups excluding carboxylic acids is 2. The average Bonchev–Trinajstić information content (AvgIpc) is 3.40. The number of morpholine rings is 1. The molecule has 0 unspecified atom stereocenters. The number of carbonyl (C=O) groups is 2. The van der Waals surface area contributed by atoms with Crippen molar-refractivity contribution in [2.45, 2.75) is 38.1 Å². The van der Waals surface area contributed by atoms with Gasteiger partial charge in [-0.2, -0.15) is 0 Å². The Labute approximate surface area is 151 Å². The number of oxazole rings is 1. The van der Waals surface area contributed by atoms with Crippen molar-refractivity contribution >= 4 is 23.0 Å². The van der Waals surface area contributed by atoms with E-state index in [-0.39, 0.29) is 24.3 Å². The van der Waals surface area contributed by atoms with Crippen LogP contribution in [0.3, 0.4) is 0 Å². The topological polar surface area (TPSA) is 81.9 Å². The van der Waals surface area contributed by atoms with Gasteiger partial charge in [-0.25, -0.2) is 4.98 Å². The molecule has 1 aromatic carbocycles. The number of nitrogens with zero attached hydrogens (tertiary/aromatic N) is 2. The molecule has 26 heavy (non-hydrogen) atoms. The van der Waals surface area contributed by atoms with Gasteiger partial charge >= 0.3 is 5.97 Å². The summed E-state index contributed by atoms with van der Waals surface area (Å²) in [7, 11) is 0. The molecule has 7 heteroatoms. The van der Waals surface area contributed by atoms with Crippen molar-refractivity contribution in [1.82, 2.24) is 9.88 Å². The van der Waals surface area contributed by atoms with Crippen LogP contribution < -0.4 is 0 Å². The molecular formula is C19H22N2O5. The van der Waals surface area contributed by atoms with Gasteiger partial charge in [-0.3, -0.25) is 9.59 Å². The molecule has 1 aliphatic heterocycles. The molecule has 0 radical (unpaired) electrons. The smallest absolute Gasteiger partial charge is 0.307 e. The highest BCUT2D eigenvalue weighted by molar-refractivity contribution is 5.97. The number of aromatic nitrogens is 1. The molecule has 1 aliphatic carbocycles. The minimum absolute atomic E-state index is 0.131. The highest BCUT2D eigenvalue weighted by atomic mass is 16.5. The van der Waals surface area contributed by atoms with Crippen LogP contribution in [0.1, 0.15) is 48.4 Å². The first-order valence-electron chi connectivity index (χ1n) is 9.10. The third-order valence-electron chi connectivity index (χ3n) is 4.77. The number of benzene rings is 1. The summed E-state index contributed by atoms with van der Waals surface area (Å²) in [5.74, 6) is 0.736. The normalized spacial score (nSPS) is 20.3. The lowest BCUT2D eigenvalue weighted by atomic mass is 10.1. The van der Waals surface area contributed by atoms with Gasteiger partial charge in [-0.1, -0.05) is 0 Å². The fourth-order valence-corrected chi connectivity index (χ4v) is 3.25. The van der Waals surface area contributed by atoms with Crippen LogP contribution in [0.4, 0.5) is 0 Å². The molecule has 2 fully saturated rings. The molecule has 4 rings (SSSR count). The van der Waals surface area contributed by atoms with E-state index < -0.39 is 0 Å². The number of fused-ring (bicyclic) bond motifs is 1. The summed E-state index contributed by atoms with van der Waals surface area (Å²) in [5.41, 5.74) is 1.94. The molecule has 7 nitrogen and oxygen atoms in total. The van der Waals surface area contributed by atoms with E-state index >= 15 is 0 Å². The van der Waals surface area contributed by atoms with E-state index in [0.717, 1.165) is 24.2 Å². The van der Waals surface area contributed by atoms with Crippen molar-refractivity contribution in [2.24, 2.45) is 0 Å². The van der Waals surface area contributed by atoms with Crippen molar-refractivity contribution in [1.29, 1.82) is 0 Å². The molecule has 1 aromatic heterocycles. The van der Waals surface area contributed by atoms with Gasteiger partial charge < -0.3 is 18.8 Å². The predicted molar refractivity (Wildman–Crippen MR) is 92.9 cm³/mol. The Morgan fingerprint density at radius 1 is 1.35 bits per heavy atom. The summed E-state index contributed by atoms with van der Waals surface area (Å²) >= 11 is 0. The van der Waals surface area contributed by atoms with Crippen LogP contribution in [0.15, 0.2) is 22.6 Å². The highest BCUT2D eigenvalue weighted by Crippen LogP contribution is 2.40. The van der Waals surface area contributed by atoms with Crippen LogP contribution in [0, 0.1) is 0 Å². The van der Waals surface area contributed by atoms with Gasteiger partial charge in [-0.15, -0.1) is 0 Å². The summed E-state index contributed by atoms with van der Waals surface area (Å²) in [6.07, 6.45) is 2.36. The molecule has 2 heterocycles. The van der Waals surface area contributed by atoms with E-state index in [1.165, 1.54) is 0 Å². The molecule has 1 saturated carbocycles. The molecule has 1 amide bonds. The predicted octanol–water partition coefficient (Wildman–Crippen LogP) is 2.50. The number of hydrogen-bond acceptors (Lipinski definition) is 6. The summed E-state index contributed by atoms with van der Waals surface area (Å²) in [6.45, 7) is 3.33. The van der Waals surface area contributed by atoms with Crippen molar-refractivity contribution in [3.8, 4) is 0 Å². The number of ether oxygens (including phenoxy) is 2. The molecule has 0 bridgehead atoms. The molecule has 2 aromatic rings. The summed E-state index contributed by atoms with van der Waals surface area (Å²) in [5, 5.41) is 0. The Morgan fingerprint density at radius 3 is 2.96 bits per heavy atom. The van der Waals surface area contributed by atoms with Crippen molar-refractivity contribution < 1.29 is 23.5 Å². The quantitative estimate of drug-likeness (QED) is 0.764. The maximum absolute atomic E-state index is 13.0. The maximum Gasteiger partial charge on any atom is 0.307 e. The van der Waals surface area contributed by atoms with Crippen LogP contribution in [-0.2, 0) is 14.3 Å². The third kappa shape index (κ3) is 3.44. The molecular weight excluding hydrogens is 336 g/mol. The van der Waals surface area contributed by atoms with E-state index in [1.807, 2.05) is 6.07 Å². The van der Waals surface area contributed by atoms with E-state index in [9.17, 15) is 9.59 Å². The van der Waals surface area contributed by atoms with Crippen molar-refractivity contribution in [3.05, 3.63) is 29.7 Å². The molecule has 1 saturated heterocycles. The fraction of sp³-hybridized carbons (Fsp3) is 0.526. The second-order valence-electron chi connectivity index (χ2n) is 6.75. The average molecular weight is 358 g/mol. The zero-order valence-electron chi connectivity index (χ0n) is 14.8. The first-order valence-corrected chi connectivity index (χ1v) is 9.10. The van der Waals surface area contributed by atoms with Crippen LogP contribution in [-0.4, -0.2) is 54.2 Å². The molecule has 2 aliphatic rings.